The predicted molar refractivity (Wildman–Crippen MR) is 232 cm³/mol. The zero-order chi connectivity index (χ0) is 33.5. The first kappa shape index (κ1) is 44.2. The Kier molecular flexibility index (Phi) is 15.3. The van der Waals surface area contributed by atoms with Crippen LogP contribution in [0.15, 0.2) is 127 Å². The first-order valence-corrected chi connectivity index (χ1v) is 20.6. The molecule has 8 aromatic rings. The van der Waals surface area contributed by atoms with Gasteiger partial charge in [0.25, 0.3) is 0 Å². The third kappa shape index (κ3) is 8.80. The summed E-state index contributed by atoms with van der Waals surface area (Å²) >= 11 is 1.36. The first-order valence-electron chi connectivity index (χ1n) is 16.4. The van der Waals surface area contributed by atoms with Crippen molar-refractivity contribution in [2.75, 3.05) is 0 Å². The van der Waals surface area contributed by atoms with Crippen LogP contribution in [-0.2, 0) is 34.2 Å². The van der Waals surface area contributed by atoms with Crippen molar-refractivity contribution in [2.45, 2.75) is 59.3 Å². The van der Waals surface area contributed by atoms with Gasteiger partial charge in [-0.15, -0.1) is 93.5 Å². The molecule has 264 valence electrons. The van der Waals surface area contributed by atoms with Gasteiger partial charge in [0.2, 0.25) is 0 Å². The number of halogens is 2. The van der Waals surface area contributed by atoms with Gasteiger partial charge in [-0.05, 0) is 44.0 Å². The molecule has 8 aromatic carbocycles. The van der Waals surface area contributed by atoms with Crippen LogP contribution in [0.1, 0.15) is 58.2 Å². The van der Waals surface area contributed by atoms with Crippen LogP contribution in [0.25, 0.3) is 65.0 Å². The van der Waals surface area contributed by atoms with Crippen LogP contribution in [0.3, 0.4) is 0 Å². The normalized spacial score (nSPS) is 10.9. The molecule has 0 amide bonds. The zero-order valence-electron chi connectivity index (χ0n) is 31.4. The van der Waals surface area contributed by atoms with Gasteiger partial charge in [0.1, 0.15) is 0 Å². The summed E-state index contributed by atoms with van der Waals surface area (Å²) in [5, 5.41) is 13.4. The van der Waals surface area contributed by atoms with Gasteiger partial charge < -0.3 is 14.9 Å². The van der Waals surface area contributed by atoms with Crippen molar-refractivity contribution in [2.24, 2.45) is 0 Å². The molecule has 0 heterocycles. The molecule has 0 aliphatic carbocycles. The standard InChI is InChI=1S/C24H17.C21H25.2CH3.2ClH.Si.Zr/c1-16-13-14-17-8-6-12-22(24(16)17)23-15-18-7-2-3-9-19(18)20-10-4-5-11-21(20)23;1-20(2,3)16-7-9-18-14(12-16)11-15-13-17(21(4,5)6)8-10-19(15)18;;;;;;/h2-15H,1H3;7-13H,1-6H3;2*1H3;2*1H;;/q4*-1;;;;. The van der Waals surface area contributed by atoms with E-state index in [0.29, 0.717) is 0 Å². The number of benzene rings is 6. The minimum atomic E-state index is 0. The van der Waals surface area contributed by atoms with Gasteiger partial charge in [-0.25, -0.2) is 0 Å². The molecule has 0 atom stereocenters. The van der Waals surface area contributed by atoms with Gasteiger partial charge in [-0.1, -0.05) is 144 Å². The molecule has 0 unspecified atom stereocenters. The van der Waals surface area contributed by atoms with Gasteiger partial charge in [-0.2, -0.15) is 11.6 Å². The molecule has 0 saturated carbocycles. The minimum absolute atomic E-state index is 0. The van der Waals surface area contributed by atoms with E-state index in [-0.39, 0.29) is 50.5 Å². The van der Waals surface area contributed by atoms with Gasteiger partial charge in [0, 0.05) is 0 Å². The number of rotatable bonds is 1. The summed E-state index contributed by atoms with van der Waals surface area (Å²) < 4.78 is 0. The van der Waals surface area contributed by atoms with Crippen LogP contribution in [0, 0.1) is 21.8 Å². The van der Waals surface area contributed by atoms with Crippen molar-refractivity contribution in [1.82, 2.24) is 0 Å². The Hall–Kier alpha value is -3.00. The maximum atomic E-state index is 3.06. The van der Waals surface area contributed by atoms with Crippen molar-refractivity contribution in [1.29, 1.82) is 0 Å². The quantitative estimate of drug-likeness (QED) is 0.0881. The van der Waals surface area contributed by atoms with E-state index in [1.165, 1.54) is 105 Å². The Morgan fingerprint density at radius 2 is 1.02 bits per heavy atom. The molecule has 8 rings (SSSR count). The molecular weight excluding hydrogens is 755 g/mol. The summed E-state index contributed by atoms with van der Waals surface area (Å²) in [6.07, 6.45) is 0. The molecule has 2 radical (unpaired) electrons. The molecule has 0 nitrogen and oxygen atoms in total. The van der Waals surface area contributed by atoms with Crippen LogP contribution in [-0.4, -0.2) is 6.88 Å². The van der Waals surface area contributed by atoms with E-state index in [1.54, 1.807) is 0 Å². The Balaban J connectivity index is 0.000000316. The Morgan fingerprint density at radius 3 is 1.57 bits per heavy atom. The average molecular weight is 805 g/mol. The van der Waals surface area contributed by atoms with Gasteiger partial charge in [0.05, 0.1) is 0 Å². The molecule has 51 heavy (non-hydrogen) atoms. The van der Waals surface area contributed by atoms with E-state index in [4.69, 9.17) is 0 Å². The first-order chi connectivity index (χ1) is 22.5. The molecule has 0 saturated heterocycles. The monoisotopic (exact) mass is 802 g/mol. The molecule has 0 spiro atoms. The van der Waals surface area contributed by atoms with Gasteiger partial charge in [-0.3, -0.25) is 0 Å². The van der Waals surface area contributed by atoms with E-state index in [9.17, 15) is 0 Å². The third-order valence-electron chi connectivity index (χ3n) is 9.50. The molecule has 4 heteroatoms. The molecule has 0 aliphatic rings. The fourth-order valence-electron chi connectivity index (χ4n) is 6.90. The number of hydrogen-bond acceptors (Lipinski definition) is 0. The topological polar surface area (TPSA) is 0 Å². The number of fused-ring (bicyclic) bond motifs is 7. The van der Waals surface area contributed by atoms with Gasteiger partial charge >= 0.3 is 30.2 Å². The van der Waals surface area contributed by atoms with E-state index in [1.807, 2.05) is 0 Å². The fraction of sp³-hybridized carbons (Fsp3) is 0.191. The second-order valence-electron chi connectivity index (χ2n) is 14.7. The molecule has 0 N–H and O–H groups in total. The van der Waals surface area contributed by atoms with E-state index in [2.05, 4.69) is 183 Å². The third-order valence-corrected chi connectivity index (χ3v) is 9.50. The van der Waals surface area contributed by atoms with Crippen molar-refractivity contribution in [3.8, 4) is 11.1 Å². The average Bonchev–Trinajstić information content (AvgIpc) is 3.64. The van der Waals surface area contributed by atoms with E-state index < -0.39 is 0 Å². The fourth-order valence-corrected chi connectivity index (χ4v) is 6.90. The van der Waals surface area contributed by atoms with Gasteiger partial charge in [0.15, 0.2) is 0 Å². The SMILES string of the molecule is CC(C)(C)c1ccc2c(c1)[cH-]c1cc(C(C)(C)C)ccc12.Cc1c[cH-]c2cccc(-c3cc4ccccc4c4ccccc34)c12.Cl.Cl.[CH3-].[CH3-].[Si]=[Zr]. The van der Waals surface area contributed by atoms with Crippen molar-refractivity contribution < 1.29 is 23.3 Å². The van der Waals surface area contributed by atoms with E-state index in [0.717, 1.165) is 0 Å². The van der Waals surface area contributed by atoms with Crippen LogP contribution >= 0.6 is 24.8 Å². The number of aryl methyl sites for hydroxylation is 1. The molecule has 0 bridgehead atoms. The number of hydrogen-bond donors (Lipinski definition) is 0. The summed E-state index contributed by atoms with van der Waals surface area (Å²) in [6, 6.07) is 47.0. The predicted octanol–water partition coefficient (Wildman–Crippen LogP) is 14.5. The molecule has 0 fully saturated rings. The second kappa shape index (κ2) is 17.7. The van der Waals surface area contributed by atoms with Crippen molar-refractivity contribution in [3.63, 3.8) is 0 Å². The van der Waals surface area contributed by atoms with E-state index >= 15 is 0 Å². The summed E-state index contributed by atoms with van der Waals surface area (Å²) in [5.41, 5.74) is 7.21. The zero-order valence-corrected chi connectivity index (χ0v) is 36.5. The van der Waals surface area contributed by atoms with Crippen molar-refractivity contribution in [3.05, 3.63) is 159 Å². The Morgan fingerprint density at radius 1 is 0.510 bits per heavy atom. The maximum absolute atomic E-state index is 3.06. The summed E-state index contributed by atoms with van der Waals surface area (Å²) in [4.78, 5) is 0. The van der Waals surface area contributed by atoms with Crippen LogP contribution in [0.2, 0.25) is 0 Å². The molecular formula is C47H50Cl2SiZr-4. The van der Waals surface area contributed by atoms with Crippen LogP contribution in [0.5, 0.6) is 0 Å². The summed E-state index contributed by atoms with van der Waals surface area (Å²) in [5.74, 6) is 0. The summed E-state index contributed by atoms with van der Waals surface area (Å²) in [7, 11) is 0. The van der Waals surface area contributed by atoms with Crippen LogP contribution < -0.4 is 0 Å². The van der Waals surface area contributed by atoms with Crippen LogP contribution in [0.4, 0.5) is 0 Å². The second-order valence-corrected chi connectivity index (χ2v) is 14.7. The molecule has 0 aromatic heterocycles. The Labute approximate surface area is 335 Å². The molecule has 0 aliphatic heterocycles. The summed E-state index contributed by atoms with van der Waals surface area (Å²) in [6.45, 7) is 18.9. The van der Waals surface area contributed by atoms with Crippen molar-refractivity contribution >= 4 is 85.6 Å². The Bertz CT molecular complexity index is 2310.